The van der Waals surface area contributed by atoms with Gasteiger partial charge < -0.3 is 4.74 Å². The Morgan fingerprint density at radius 3 is 2.26 bits per heavy atom. The number of hydrogen-bond acceptors (Lipinski definition) is 4. The maximum absolute atomic E-state index is 11.8. The Labute approximate surface area is 141 Å². The van der Waals surface area contributed by atoms with Crippen LogP contribution in [0.2, 0.25) is 0 Å². The molecule has 0 N–H and O–H groups in total. The Morgan fingerprint density at radius 1 is 1.00 bits per heavy atom. The van der Waals surface area contributed by atoms with Gasteiger partial charge in [0.15, 0.2) is 5.78 Å². The SMILES string of the molecule is CCC(=O)c1ccc(OC(=O)CCSc2ccc(C)cc2)cc1. The van der Waals surface area contributed by atoms with E-state index in [0.29, 0.717) is 29.9 Å². The minimum absolute atomic E-state index is 0.0809. The number of aryl methyl sites for hydroxylation is 1. The van der Waals surface area contributed by atoms with Crippen molar-refractivity contribution in [1.82, 2.24) is 0 Å². The number of thioether (sulfide) groups is 1. The molecule has 0 atom stereocenters. The molecule has 0 aliphatic rings. The van der Waals surface area contributed by atoms with Gasteiger partial charge in [0.1, 0.15) is 5.75 Å². The second-order valence-corrected chi connectivity index (χ2v) is 6.36. The third kappa shape index (κ3) is 5.57. The van der Waals surface area contributed by atoms with Crippen molar-refractivity contribution in [2.24, 2.45) is 0 Å². The number of ketones is 1. The topological polar surface area (TPSA) is 43.4 Å². The smallest absolute Gasteiger partial charge is 0.312 e. The zero-order chi connectivity index (χ0) is 16.7. The van der Waals surface area contributed by atoms with Crippen molar-refractivity contribution < 1.29 is 14.3 Å². The summed E-state index contributed by atoms with van der Waals surface area (Å²) >= 11 is 1.63. The van der Waals surface area contributed by atoms with E-state index in [-0.39, 0.29) is 11.8 Å². The predicted octanol–water partition coefficient (Wildman–Crippen LogP) is 4.68. The van der Waals surface area contributed by atoms with Gasteiger partial charge in [0.2, 0.25) is 0 Å². The first-order valence-corrected chi connectivity index (χ1v) is 8.60. The van der Waals surface area contributed by atoms with Gasteiger partial charge in [0.25, 0.3) is 0 Å². The number of ether oxygens (including phenoxy) is 1. The first-order chi connectivity index (χ1) is 11.1. The first kappa shape index (κ1) is 17.3. The Hall–Kier alpha value is -2.07. The van der Waals surface area contributed by atoms with Crippen LogP contribution >= 0.6 is 11.8 Å². The number of carbonyl (C=O) groups is 2. The third-order valence-electron chi connectivity index (χ3n) is 3.32. The van der Waals surface area contributed by atoms with Crippen molar-refractivity contribution >= 4 is 23.5 Å². The lowest BCUT2D eigenvalue weighted by molar-refractivity contribution is -0.133. The molecule has 4 heteroatoms. The van der Waals surface area contributed by atoms with E-state index < -0.39 is 0 Å². The molecule has 0 unspecified atom stereocenters. The van der Waals surface area contributed by atoms with Crippen LogP contribution < -0.4 is 4.74 Å². The minimum Gasteiger partial charge on any atom is -0.427 e. The standard InChI is InChI=1S/C19H20O3S/c1-3-18(20)15-6-8-16(9-7-15)22-19(21)12-13-23-17-10-4-14(2)5-11-17/h4-11H,3,12-13H2,1-2H3. The summed E-state index contributed by atoms with van der Waals surface area (Å²) in [5.41, 5.74) is 1.86. The molecule has 2 aromatic rings. The van der Waals surface area contributed by atoms with E-state index in [9.17, 15) is 9.59 Å². The second-order valence-electron chi connectivity index (χ2n) is 5.19. The van der Waals surface area contributed by atoms with Crippen molar-refractivity contribution in [2.75, 3.05) is 5.75 Å². The van der Waals surface area contributed by atoms with E-state index in [4.69, 9.17) is 4.74 Å². The maximum Gasteiger partial charge on any atom is 0.312 e. The second kappa shape index (κ2) is 8.53. The Balaban J connectivity index is 1.78. The molecule has 0 aromatic heterocycles. The average Bonchev–Trinajstić information content (AvgIpc) is 2.56. The largest absolute Gasteiger partial charge is 0.427 e. The summed E-state index contributed by atoms with van der Waals surface area (Å²) in [5, 5.41) is 0. The Kier molecular flexibility index (Phi) is 6.41. The summed E-state index contributed by atoms with van der Waals surface area (Å²) in [7, 11) is 0. The zero-order valence-electron chi connectivity index (χ0n) is 13.4. The van der Waals surface area contributed by atoms with Crippen LogP contribution in [0.1, 0.15) is 35.7 Å². The van der Waals surface area contributed by atoms with E-state index in [1.807, 2.05) is 13.8 Å². The fourth-order valence-electron chi connectivity index (χ4n) is 1.98. The highest BCUT2D eigenvalue weighted by Crippen LogP contribution is 2.20. The van der Waals surface area contributed by atoms with E-state index in [2.05, 4.69) is 24.3 Å². The summed E-state index contributed by atoms with van der Waals surface area (Å²) in [6.45, 7) is 3.87. The Morgan fingerprint density at radius 2 is 1.65 bits per heavy atom. The quantitative estimate of drug-likeness (QED) is 0.320. The summed E-state index contributed by atoms with van der Waals surface area (Å²) in [6, 6.07) is 14.9. The van der Waals surface area contributed by atoms with Crippen molar-refractivity contribution in [3.63, 3.8) is 0 Å². The van der Waals surface area contributed by atoms with E-state index in [1.165, 1.54) is 5.56 Å². The lowest BCUT2D eigenvalue weighted by Gasteiger charge is -2.05. The zero-order valence-corrected chi connectivity index (χ0v) is 14.2. The summed E-state index contributed by atoms with van der Waals surface area (Å²) in [4.78, 5) is 24.5. The van der Waals surface area contributed by atoms with Gasteiger partial charge in [-0.25, -0.2) is 0 Å². The summed E-state index contributed by atoms with van der Waals surface area (Å²) < 4.78 is 5.28. The normalized spacial score (nSPS) is 10.3. The van der Waals surface area contributed by atoms with Gasteiger partial charge in [-0.1, -0.05) is 24.6 Å². The van der Waals surface area contributed by atoms with Gasteiger partial charge >= 0.3 is 5.97 Å². The first-order valence-electron chi connectivity index (χ1n) is 7.62. The number of Topliss-reactive ketones (excluding diaryl/α,β-unsaturated/α-hetero) is 1. The van der Waals surface area contributed by atoms with Crippen LogP contribution in [0.25, 0.3) is 0 Å². The average molecular weight is 328 g/mol. The molecule has 0 aliphatic carbocycles. The number of benzene rings is 2. The molecule has 0 saturated carbocycles. The molecule has 120 valence electrons. The van der Waals surface area contributed by atoms with Crippen molar-refractivity contribution in [3.05, 3.63) is 59.7 Å². The molecule has 2 aromatic carbocycles. The molecule has 0 spiro atoms. The number of rotatable bonds is 7. The molecular weight excluding hydrogens is 308 g/mol. The summed E-state index contributed by atoms with van der Waals surface area (Å²) in [5.74, 6) is 0.966. The molecule has 0 fully saturated rings. The van der Waals surface area contributed by atoms with Crippen LogP contribution in [0.15, 0.2) is 53.4 Å². The number of esters is 1. The molecule has 0 amide bonds. The molecule has 23 heavy (non-hydrogen) atoms. The van der Waals surface area contributed by atoms with Gasteiger partial charge in [-0.3, -0.25) is 9.59 Å². The molecular formula is C19H20O3S. The van der Waals surface area contributed by atoms with Crippen LogP contribution in [-0.4, -0.2) is 17.5 Å². The van der Waals surface area contributed by atoms with Crippen LogP contribution in [0.3, 0.4) is 0 Å². The van der Waals surface area contributed by atoms with Gasteiger partial charge in [-0.2, -0.15) is 0 Å². The van der Waals surface area contributed by atoms with Gasteiger partial charge in [0.05, 0.1) is 6.42 Å². The molecule has 0 saturated heterocycles. The van der Waals surface area contributed by atoms with Crippen LogP contribution in [-0.2, 0) is 4.79 Å². The molecule has 0 radical (unpaired) electrons. The maximum atomic E-state index is 11.8. The molecule has 2 rings (SSSR count). The van der Waals surface area contributed by atoms with Crippen LogP contribution in [0.5, 0.6) is 5.75 Å². The molecule has 0 heterocycles. The number of carbonyl (C=O) groups excluding carboxylic acids is 2. The minimum atomic E-state index is -0.265. The van der Waals surface area contributed by atoms with Crippen LogP contribution in [0, 0.1) is 6.92 Å². The van der Waals surface area contributed by atoms with Gasteiger partial charge in [-0.15, -0.1) is 11.8 Å². The van der Waals surface area contributed by atoms with Crippen molar-refractivity contribution in [2.45, 2.75) is 31.6 Å². The lowest BCUT2D eigenvalue weighted by atomic mass is 10.1. The highest BCUT2D eigenvalue weighted by Gasteiger charge is 2.07. The monoisotopic (exact) mass is 328 g/mol. The predicted molar refractivity (Wildman–Crippen MR) is 93.2 cm³/mol. The Bertz CT molecular complexity index is 660. The van der Waals surface area contributed by atoms with E-state index in [1.54, 1.807) is 36.0 Å². The van der Waals surface area contributed by atoms with Gasteiger partial charge in [0, 0.05) is 22.6 Å². The highest BCUT2D eigenvalue weighted by atomic mass is 32.2. The molecule has 0 bridgehead atoms. The summed E-state index contributed by atoms with van der Waals surface area (Å²) in [6.07, 6.45) is 0.809. The highest BCUT2D eigenvalue weighted by molar-refractivity contribution is 7.99. The third-order valence-corrected chi connectivity index (χ3v) is 4.34. The lowest BCUT2D eigenvalue weighted by Crippen LogP contribution is -2.09. The number of hydrogen-bond donors (Lipinski definition) is 0. The fourth-order valence-corrected chi connectivity index (χ4v) is 2.82. The van der Waals surface area contributed by atoms with Gasteiger partial charge in [-0.05, 0) is 43.3 Å². The van der Waals surface area contributed by atoms with Crippen molar-refractivity contribution in [1.29, 1.82) is 0 Å². The van der Waals surface area contributed by atoms with Crippen LogP contribution in [0.4, 0.5) is 0 Å². The van der Waals surface area contributed by atoms with E-state index >= 15 is 0 Å². The molecule has 3 nitrogen and oxygen atoms in total. The van der Waals surface area contributed by atoms with E-state index in [0.717, 1.165) is 4.90 Å². The molecule has 0 aliphatic heterocycles. The van der Waals surface area contributed by atoms with Crippen molar-refractivity contribution in [3.8, 4) is 5.75 Å². The fraction of sp³-hybridized carbons (Fsp3) is 0.263.